The van der Waals surface area contributed by atoms with Gasteiger partial charge < -0.3 is 4.74 Å². The Kier molecular flexibility index (Phi) is 9.58. The Morgan fingerprint density at radius 1 is 0.733 bits per heavy atom. The summed E-state index contributed by atoms with van der Waals surface area (Å²) in [5, 5.41) is 0. The van der Waals surface area contributed by atoms with Gasteiger partial charge in [0.2, 0.25) is 0 Å². The van der Waals surface area contributed by atoms with E-state index in [1.165, 1.54) is 103 Å². The fourth-order valence-electron chi connectivity index (χ4n) is 7.56. The van der Waals surface area contributed by atoms with Gasteiger partial charge in [-0.3, -0.25) is 4.79 Å². The number of hydrogen-bond donors (Lipinski definition) is 0. The molecule has 0 atom stereocenters. The van der Waals surface area contributed by atoms with Gasteiger partial charge in [-0.15, -0.1) is 0 Å². The molecule has 0 unspecified atom stereocenters. The zero-order chi connectivity index (χ0) is 21.3. The molecule has 0 heterocycles. The first-order valence-corrected chi connectivity index (χ1v) is 13.8. The van der Waals surface area contributed by atoms with E-state index in [0.29, 0.717) is 6.61 Å². The molecule has 3 fully saturated rings. The van der Waals surface area contributed by atoms with Crippen molar-refractivity contribution < 1.29 is 9.53 Å². The molecule has 0 bridgehead atoms. The third kappa shape index (κ3) is 5.44. The molecule has 3 rings (SSSR count). The molecule has 0 spiro atoms. The number of esters is 1. The minimum Gasteiger partial charge on any atom is -0.465 e. The normalized spacial score (nSPS) is 30.1. The maximum absolute atomic E-state index is 13.6. The fourth-order valence-corrected chi connectivity index (χ4v) is 7.56. The lowest BCUT2D eigenvalue weighted by Gasteiger charge is -2.54. The molecule has 30 heavy (non-hydrogen) atoms. The van der Waals surface area contributed by atoms with Crippen molar-refractivity contribution in [1.29, 1.82) is 0 Å². The van der Waals surface area contributed by atoms with Gasteiger partial charge in [0, 0.05) is 0 Å². The first-order chi connectivity index (χ1) is 14.7. The first-order valence-electron chi connectivity index (χ1n) is 13.8. The Bertz CT molecular complexity index is 491. The van der Waals surface area contributed by atoms with Crippen LogP contribution in [-0.2, 0) is 9.53 Å². The lowest BCUT2D eigenvalue weighted by molar-refractivity contribution is -0.175. The molecule has 0 N–H and O–H groups in total. The standard InChI is InChI=1S/C28H50O2/c1-3-5-6-7-14-23-30-26(29)28(19-12-9-13-20-28)27(4-2)21-17-25(18-22-27)24-15-10-8-11-16-24/h24-25H,3-23H2,1-2H3/t25-,27+. The Hall–Kier alpha value is -0.530. The zero-order valence-corrected chi connectivity index (χ0v) is 20.3. The summed E-state index contributed by atoms with van der Waals surface area (Å²) < 4.78 is 6.05. The van der Waals surface area contributed by atoms with E-state index >= 15 is 0 Å². The second-order valence-electron chi connectivity index (χ2n) is 11.1. The van der Waals surface area contributed by atoms with Gasteiger partial charge in [0.15, 0.2) is 0 Å². The maximum Gasteiger partial charge on any atom is 0.312 e. The molecular weight excluding hydrogens is 368 g/mol. The Labute approximate surface area is 187 Å². The van der Waals surface area contributed by atoms with Crippen LogP contribution in [0.5, 0.6) is 0 Å². The molecular formula is C28H50O2. The Morgan fingerprint density at radius 3 is 1.97 bits per heavy atom. The molecule has 3 saturated carbocycles. The van der Waals surface area contributed by atoms with Gasteiger partial charge >= 0.3 is 5.97 Å². The molecule has 0 aliphatic heterocycles. The van der Waals surface area contributed by atoms with Crippen LogP contribution in [0.1, 0.15) is 142 Å². The molecule has 0 aromatic heterocycles. The first kappa shape index (κ1) is 24.1. The molecule has 174 valence electrons. The van der Waals surface area contributed by atoms with Crippen LogP contribution in [0.2, 0.25) is 0 Å². The van der Waals surface area contributed by atoms with Gasteiger partial charge in [-0.25, -0.2) is 0 Å². The summed E-state index contributed by atoms with van der Waals surface area (Å²) >= 11 is 0. The van der Waals surface area contributed by atoms with Gasteiger partial charge in [-0.05, 0) is 68.6 Å². The third-order valence-electron chi connectivity index (χ3n) is 9.57. The number of carbonyl (C=O) groups excluding carboxylic acids is 1. The lowest BCUT2D eigenvalue weighted by Crippen LogP contribution is -2.51. The summed E-state index contributed by atoms with van der Waals surface area (Å²) in [4.78, 5) is 13.6. The molecule has 0 aromatic rings. The molecule has 3 aliphatic rings. The second-order valence-corrected chi connectivity index (χ2v) is 11.1. The fraction of sp³-hybridized carbons (Fsp3) is 0.964. The smallest absolute Gasteiger partial charge is 0.312 e. The SMILES string of the molecule is CCCCCCCOC(=O)C1([C@]2(CC)CC[C@H](C3CCCCC3)CC2)CCCCC1. The minimum absolute atomic E-state index is 0.180. The van der Waals surface area contributed by atoms with E-state index in [2.05, 4.69) is 13.8 Å². The van der Waals surface area contributed by atoms with Crippen molar-refractivity contribution in [2.24, 2.45) is 22.7 Å². The van der Waals surface area contributed by atoms with E-state index in [1.807, 2.05) is 0 Å². The summed E-state index contributed by atoms with van der Waals surface area (Å²) in [6.07, 6.45) is 25.8. The highest BCUT2D eigenvalue weighted by Crippen LogP contribution is 2.60. The topological polar surface area (TPSA) is 26.3 Å². The van der Waals surface area contributed by atoms with Gasteiger partial charge in [-0.2, -0.15) is 0 Å². The molecule has 2 nitrogen and oxygen atoms in total. The van der Waals surface area contributed by atoms with Crippen LogP contribution in [0.3, 0.4) is 0 Å². The molecule has 0 saturated heterocycles. The average Bonchev–Trinajstić information content (AvgIpc) is 2.82. The Balaban J connectivity index is 1.62. The number of rotatable bonds is 10. The molecule has 2 heteroatoms. The quantitative estimate of drug-likeness (QED) is 0.262. The van der Waals surface area contributed by atoms with E-state index in [4.69, 9.17) is 4.74 Å². The van der Waals surface area contributed by atoms with Crippen LogP contribution in [0.15, 0.2) is 0 Å². The molecule has 3 aliphatic carbocycles. The van der Waals surface area contributed by atoms with Crippen LogP contribution in [0.4, 0.5) is 0 Å². The van der Waals surface area contributed by atoms with Crippen molar-refractivity contribution in [1.82, 2.24) is 0 Å². The van der Waals surface area contributed by atoms with Crippen molar-refractivity contribution in [3.05, 3.63) is 0 Å². The predicted octanol–water partition coefficient (Wildman–Crippen LogP) is 8.62. The van der Waals surface area contributed by atoms with Gasteiger partial charge in [0.1, 0.15) is 0 Å². The molecule has 0 radical (unpaired) electrons. The monoisotopic (exact) mass is 418 g/mol. The van der Waals surface area contributed by atoms with Crippen molar-refractivity contribution in [2.75, 3.05) is 6.61 Å². The van der Waals surface area contributed by atoms with Crippen molar-refractivity contribution in [2.45, 2.75) is 142 Å². The van der Waals surface area contributed by atoms with Crippen LogP contribution < -0.4 is 0 Å². The summed E-state index contributed by atoms with van der Waals surface area (Å²) in [6.45, 7) is 5.27. The number of carbonyl (C=O) groups is 1. The largest absolute Gasteiger partial charge is 0.465 e. The van der Waals surface area contributed by atoms with Gasteiger partial charge in [0.25, 0.3) is 0 Å². The van der Waals surface area contributed by atoms with E-state index in [-0.39, 0.29) is 16.8 Å². The highest BCUT2D eigenvalue weighted by Gasteiger charge is 2.57. The van der Waals surface area contributed by atoms with Crippen molar-refractivity contribution in [3.63, 3.8) is 0 Å². The minimum atomic E-state index is -0.180. The third-order valence-corrected chi connectivity index (χ3v) is 9.57. The summed E-state index contributed by atoms with van der Waals surface area (Å²) in [7, 11) is 0. The highest BCUT2D eigenvalue weighted by molar-refractivity contribution is 5.78. The van der Waals surface area contributed by atoms with E-state index < -0.39 is 0 Å². The molecule has 0 amide bonds. The van der Waals surface area contributed by atoms with Crippen LogP contribution in [-0.4, -0.2) is 12.6 Å². The predicted molar refractivity (Wildman–Crippen MR) is 126 cm³/mol. The van der Waals surface area contributed by atoms with Crippen LogP contribution >= 0.6 is 0 Å². The molecule has 0 aromatic carbocycles. The number of unbranched alkanes of at least 4 members (excludes halogenated alkanes) is 4. The van der Waals surface area contributed by atoms with Crippen molar-refractivity contribution in [3.8, 4) is 0 Å². The second kappa shape index (κ2) is 11.9. The Morgan fingerprint density at radius 2 is 1.33 bits per heavy atom. The van der Waals surface area contributed by atoms with Crippen LogP contribution in [0.25, 0.3) is 0 Å². The summed E-state index contributed by atoms with van der Waals surface area (Å²) in [5.74, 6) is 2.10. The van der Waals surface area contributed by atoms with Gasteiger partial charge in [-0.1, -0.05) is 90.9 Å². The number of hydrogen-bond acceptors (Lipinski definition) is 2. The number of ether oxygens (including phenoxy) is 1. The lowest BCUT2D eigenvalue weighted by atomic mass is 9.49. The zero-order valence-electron chi connectivity index (χ0n) is 20.3. The van der Waals surface area contributed by atoms with E-state index in [0.717, 1.165) is 37.5 Å². The highest BCUT2D eigenvalue weighted by atomic mass is 16.5. The van der Waals surface area contributed by atoms with Crippen LogP contribution in [0, 0.1) is 22.7 Å². The summed E-state index contributed by atoms with van der Waals surface area (Å²) in [5.41, 5.74) is 0.0266. The van der Waals surface area contributed by atoms with Gasteiger partial charge in [0.05, 0.1) is 12.0 Å². The van der Waals surface area contributed by atoms with E-state index in [1.54, 1.807) is 0 Å². The van der Waals surface area contributed by atoms with Crippen molar-refractivity contribution >= 4 is 5.97 Å². The maximum atomic E-state index is 13.6. The summed E-state index contributed by atoms with van der Waals surface area (Å²) in [6, 6.07) is 0. The van der Waals surface area contributed by atoms with E-state index in [9.17, 15) is 4.79 Å². The average molecular weight is 419 g/mol.